The normalized spacial score (nSPS) is 32.4. The number of methoxy groups -OCH3 is 6. The fraction of sp³-hybridized carbons (Fsp3) is 0.874. The second-order valence-corrected chi connectivity index (χ2v) is 35.5. The smallest absolute Gasteiger partial charge is 0.547 e. The number of rotatable bonds is 48. The third kappa shape index (κ3) is 43.1. The Morgan fingerprint density at radius 2 is 0.851 bits per heavy atom. The molecule has 30 N–H and O–H groups in total. The number of nitrogens with zero attached hydrogens (tertiary/aromatic N) is 4. The number of hydrogen-bond acceptors (Lipinski definition) is 53. The van der Waals surface area contributed by atoms with Crippen LogP contribution in [0, 0.1) is 0 Å². The van der Waals surface area contributed by atoms with E-state index in [9.17, 15) is 156 Å². The van der Waals surface area contributed by atoms with Gasteiger partial charge in [0.1, 0.15) is 184 Å². The van der Waals surface area contributed by atoms with Crippen molar-refractivity contribution in [3.63, 3.8) is 0 Å². The third-order valence-electron chi connectivity index (χ3n) is 24.0. The van der Waals surface area contributed by atoms with Gasteiger partial charge in [0, 0.05) is 82.4 Å². The van der Waals surface area contributed by atoms with Crippen LogP contribution in [0.1, 0.15) is 108 Å². The van der Waals surface area contributed by atoms with Crippen molar-refractivity contribution in [1.29, 1.82) is 0 Å². The predicted molar refractivity (Wildman–Crippen MR) is 501 cm³/mol. The van der Waals surface area contributed by atoms with Gasteiger partial charge in [-0.05, 0) is 64.9 Å². The number of nitrogens with one attached hydrogen (secondary N) is 6. The molecule has 7 aliphatic heterocycles. The number of aliphatic hydroxyl groups excluding tert-OH is 22. The number of thioether (sulfide) groups is 1. The minimum Gasteiger partial charge on any atom is -0.547 e. The molecule has 0 bridgehead atoms. The zero-order chi connectivity index (χ0) is 110. The number of aliphatic hydroxyl groups is 22. The van der Waals surface area contributed by atoms with E-state index in [-0.39, 0.29) is 146 Å². The maximum Gasteiger partial charge on any atom is 1.00 e. The molecule has 8 heterocycles. The van der Waals surface area contributed by atoms with Crippen LogP contribution in [0.2, 0.25) is 0 Å². The van der Waals surface area contributed by atoms with E-state index in [1.165, 1.54) is 54.0 Å². The average molecular weight is 2190 g/mol. The number of carbonyl (C=O) groups excluding carboxylic acids is 8. The molecule has 6 amide bonds. The van der Waals surface area contributed by atoms with E-state index >= 15 is 0 Å². The first-order chi connectivity index (χ1) is 69.0. The quantitative estimate of drug-likeness (QED) is 0.0125. The molecule has 8 rings (SSSR count). The number of quaternary nitrogens is 1. The molecule has 16 unspecified atom stereocenters. The summed E-state index contributed by atoms with van der Waals surface area (Å²) in [6, 6.07) is -1.37. The number of unbranched alkanes of at least 4 members (excludes halogenated alkanes) is 2. The monoisotopic (exact) mass is 2180 g/mol. The minimum absolute atomic E-state index is 0. The predicted octanol–water partition coefficient (Wildman–Crippen LogP) is -18.6. The molecule has 7 aliphatic rings. The van der Waals surface area contributed by atoms with Crippen molar-refractivity contribution < 1.29 is 267 Å². The van der Waals surface area contributed by atoms with Crippen molar-refractivity contribution in [2.45, 2.75) is 339 Å². The third-order valence-corrected chi connectivity index (χ3v) is 24.0. The van der Waals surface area contributed by atoms with Gasteiger partial charge in [-0.1, -0.05) is 14.9 Å². The van der Waals surface area contributed by atoms with Gasteiger partial charge >= 0.3 is 47.5 Å². The zero-order valence-corrected chi connectivity index (χ0v) is 86.5. The molecule has 148 heavy (non-hydrogen) atoms. The van der Waals surface area contributed by atoms with Crippen molar-refractivity contribution >= 4 is 64.9 Å². The molecular formula is C87H161N11NaO48S+. The summed E-state index contributed by atoms with van der Waals surface area (Å²) in [4.78, 5) is 108. The average Bonchev–Trinajstić information content (AvgIpc) is 0.774. The number of likely N-dealkylation sites (N-methyl/N-ethyl adjacent to an activating group) is 1. The Kier molecular flexibility index (Phi) is 66.9. The largest absolute Gasteiger partial charge is 1.00 e. The molecule has 7 saturated heterocycles. The molecule has 7 fully saturated rings. The molecule has 38 atom stereocenters. The summed E-state index contributed by atoms with van der Waals surface area (Å²) in [5.74, 6) is -4.57. The van der Waals surface area contributed by atoms with Gasteiger partial charge in [0.2, 0.25) is 29.5 Å². The number of carboxylic acid groups (broad SMARTS) is 1. The summed E-state index contributed by atoms with van der Waals surface area (Å²) in [5.41, 5.74) is 9.51. The molecule has 858 valence electrons. The molecule has 0 radical (unpaired) electrons. The topological polar surface area (TPSA) is 898 Å². The van der Waals surface area contributed by atoms with Crippen LogP contribution >= 0.6 is 11.8 Å². The van der Waals surface area contributed by atoms with Gasteiger partial charge in [-0.3, -0.25) is 48.9 Å². The minimum atomic E-state index is -1.95. The van der Waals surface area contributed by atoms with Gasteiger partial charge in [-0.2, -0.15) is 11.8 Å². The molecule has 0 saturated carbocycles. The molecule has 0 aliphatic carbocycles. The Bertz CT molecular complexity index is 3940. The number of hydrogen-bond donors (Lipinski definition) is 29. The summed E-state index contributed by atoms with van der Waals surface area (Å²) in [6.45, 7) is 5.65. The summed E-state index contributed by atoms with van der Waals surface area (Å²) >= 11 is 1.52. The van der Waals surface area contributed by atoms with Crippen LogP contribution in [-0.2, 0) is 109 Å². The molecule has 1 aromatic heterocycles. The van der Waals surface area contributed by atoms with Crippen LogP contribution in [0.4, 0.5) is 5.95 Å². The summed E-state index contributed by atoms with van der Waals surface area (Å²) < 4.78 is 96.6. The van der Waals surface area contributed by atoms with E-state index in [1.807, 2.05) is 6.26 Å². The number of ether oxygens (including phenoxy) is 17. The van der Waals surface area contributed by atoms with Crippen molar-refractivity contribution in [1.82, 2.24) is 51.6 Å². The molecular weight excluding hydrogens is 2020 g/mol. The van der Waals surface area contributed by atoms with Gasteiger partial charge in [-0.25, -0.2) is 0 Å². The maximum absolute atomic E-state index is 13.1. The van der Waals surface area contributed by atoms with Crippen LogP contribution in [0.25, 0.3) is 0 Å². The number of ketones is 1. The van der Waals surface area contributed by atoms with E-state index in [4.69, 9.17) is 87.6 Å². The zero-order valence-electron chi connectivity index (χ0n) is 84.6. The number of Topliss-reactive ketones (excluding diaryl/α,β-unsaturated/α-hetero) is 1. The Morgan fingerprint density at radius 1 is 0.486 bits per heavy atom. The number of amides is 6. The maximum atomic E-state index is 13.1. The van der Waals surface area contributed by atoms with Gasteiger partial charge in [0.15, 0.2) is 31.3 Å². The SMILES string of the molecule is C.C.COCC1O[C@H](OCC(O)[C@@H](O)[C@H](O)C(O)CCNC(=O)CCCCC(=O)CN)C(O)[C@@H](O)[C@@H]1O.COCC1O[C@H](OCC(O)[C@@H](O)[C@H](O)C(O)CCNC(=O)CCCCC(=O)NNC(=O)C2O[C@@H](O[C@@H]3C(NC(C)=O)[C@@H](C)OC(CO)[C@H]3O)C(O)[C@@H](O)[C@@H]2OC)C(O)[C@@H](O)[C@@H]1O.CO[C@@H]1C(C(=O)[O-])O[C@@H](O[C@@H]2C(NC(C)=O)[C@@H](C)OC(CO)[C@H]2O)C(O)[C@H]1O.COc1nc(OC)nc([N+]2(C)CCOCC2)n1.[2H]CSC.[Na+]. The Hall–Kier alpha value is -5.64. The number of nitrogens with two attached hydrogens (primary N) is 1. The van der Waals surface area contributed by atoms with Crippen LogP contribution in [0.15, 0.2) is 0 Å². The Morgan fingerprint density at radius 3 is 1.20 bits per heavy atom. The molecule has 61 heteroatoms. The number of carbonyl (C=O) groups is 8. The van der Waals surface area contributed by atoms with E-state index in [1.54, 1.807) is 13.8 Å². The second kappa shape index (κ2) is 71.5. The first kappa shape index (κ1) is 138. The van der Waals surface area contributed by atoms with Crippen LogP contribution < -0.4 is 86.5 Å². The second-order valence-electron chi connectivity index (χ2n) is 35.0. The van der Waals surface area contributed by atoms with E-state index in [0.717, 1.165) is 27.3 Å². The summed E-state index contributed by atoms with van der Waals surface area (Å²) in [7, 11) is 10.0. The van der Waals surface area contributed by atoms with Crippen molar-refractivity contribution in [2.24, 2.45) is 5.73 Å². The van der Waals surface area contributed by atoms with Gasteiger partial charge in [0.25, 0.3) is 5.91 Å². The fourth-order valence-corrected chi connectivity index (χ4v) is 15.6. The number of aliphatic carboxylic acids is 1. The van der Waals surface area contributed by atoms with E-state index in [2.05, 4.69) is 54.1 Å². The van der Waals surface area contributed by atoms with Crippen LogP contribution in [0.5, 0.6) is 12.0 Å². The summed E-state index contributed by atoms with van der Waals surface area (Å²) in [6.07, 6.45) is -51.1. The van der Waals surface area contributed by atoms with Crippen LogP contribution in [0.3, 0.4) is 0 Å². The number of carboxylic acids is 1. The molecule has 59 nitrogen and oxygen atoms in total. The Labute approximate surface area is 884 Å². The van der Waals surface area contributed by atoms with E-state index < -0.39 is 295 Å². The van der Waals surface area contributed by atoms with Gasteiger partial charge < -0.3 is 230 Å². The van der Waals surface area contributed by atoms with Crippen molar-refractivity contribution in [2.75, 3.05) is 148 Å². The van der Waals surface area contributed by atoms with Crippen molar-refractivity contribution in [3.8, 4) is 12.0 Å². The van der Waals surface area contributed by atoms with Crippen molar-refractivity contribution in [3.05, 3.63) is 0 Å². The van der Waals surface area contributed by atoms with E-state index in [0.29, 0.717) is 49.1 Å². The number of aromatic nitrogens is 3. The first-order valence-corrected chi connectivity index (χ1v) is 47.9. The molecule has 0 spiro atoms. The molecule has 1 aromatic rings. The standard InChI is InChI=1S/C36H64N4O22.C21H40N2O12.C16H27NO11.C10H17N4O3.C2H6S.2CH4.Na/c1-14-22(38-15(2)42)31(26(50)18(11-41)59-14)61-36-30(54)28(52)32(57-4)33(62-36)34(55)40-39-21(46)8-6-5-7-20(45)37-10-9-16(43)23(47)24(48)17(44)12-58-35-29(53)27(51)25(49)19(60-35)13-56-3;1-33-10-14-18(30)19(31)20(32)21(35-14)34-9-13(26)17(29)16(28)12(25)6-7-23-15(27)5-3-2-4-11(24)8-22;1-5-8(17-6(2)19)12(9(20)7(4-18)26-5)27-16-11(22)10(21)13(25-3)14(28-16)15(23)24;1-14(4-6-17-7-5-14)8-11-9(15-2)13-10(12-8)16-3;1-3-2;;;/h14,16-19,22-33,35-36,41,43-44,47-54H,5-13H2,1-4H3,(H,37,45)(H,38,42)(H,39,46)(H,40,55);12-14,16-21,25-26,28-32H,2-10,22H2,1H3,(H,23,27);5,7-14,16,18,20-22H,4H2,1-3H3,(H,17,19)(H,23,24);4-7H2,1-3H3;1-2H3;2*1H4;/q;;;+1;;;;+1/p-1/t14-,16?,17?,18?,19?,22?,23-,24-,25-,26-,27+,28-,29?,30?,31-,32+,33?,35+,36-;12?,13?,14?,16-,17-,18-,19+,20?,21+;5-,7?,8?,9-,10-,11?,12-,13+,14?,16-;;;;;/m111...../s1/i;;;;1D;;;. The summed E-state index contributed by atoms with van der Waals surface area (Å²) in [5, 5.41) is 245. The Balaban J connectivity index is 0.00000107. The first-order valence-electron chi connectivity index (χ1n) is 47.2. The van der Waals surface area contributed by atoms with Crippen LogP contribution in [-0.4, -0.2) is 555 Å². The fourth-order valence-electron chi connectivity index (χ4n) is 15.6. The van der Waals surface area contributed by atoms with Gasteiger partial charge in [0.05, 0.1) is 123 Å². The number of morpholine rings is 1. The van der Waals surface area contributed by atoms with Gasteiger partial charge in [-0.15, -0.1) is 15.0 Å². The number of hydrazine groups is 1. The molecule has 0 aromatic carbocycles.